The van der Waals surface area contributed by atoms with Crippen LogP contribution >= 0.6 is 0 Å². The van der Waals surface area contributed by atoms with E-state index in [0.29, 0.717) is 19.0 Å². The minimum Gasteiger partial charge on any atom is -0.396 e. The van der Waals surface area contributed by atoms with E-state index in [2.05, 4.69) is 10.6 Å². The third-order valence-corrected chi connectivity index (χ3v) is 2.32. The minimum absolute atomic E-state index is 0.0680. The summed E-state index contributed by atoms with van der Waals surface area (Å²) in [4.78, 5) is 11.2. The molecule has 0 heterocycles. The summed E-state index contributed by atoms with van der Waals surface area (Å²) in [5.74, 6) is 0.216. The molecule has 0 aromatic heterocycles. The quantitative estimate of drug-likeness (QED) is 0.536. The van der Waals surface area contributed by atoms with E-state index >= 15 is 0 Å². The molecule has 1 amide bonds. The van der Waals surface area contributed by atoms with Crippen molar-refractivity contribution in [2.45, 2.75) is 32.2 Å². The van der Waals surface area contributed by atoms with Crippen LogP contribution in [0.1, 0.15) is 26.2 Å². The molecule has 4 heteroatoms. The van der Waals surface area contributed by atoms with Gasteiger partial charge in [-0.15, -0.1) is 0 Å². The Morgan fingerprint density at radius 1 is 1.57 bits per heavy atom. The van der Waals surface area contributed by atoms with Gasteiger partial charge in [0.1, 0.15) is 0 Å². The van der Waals surface area contributed by atoms with Crippen molar-refractivity contribution in [3.05, 3.63) is 0 Å². The number of aliphatic hydroxyl groups excluding tert-OH is 1. The first-order valence-electron chi connectivity index (χ1n) is 5.33. The molecule has 1 fully saturated rings. The molecule has 3 N–H and O–H groups in total. The zero-order valence-corrected chi connectivity index (χ0v) is 8.75. The van der Waals surface area contributed by atoms with Crippen molar-refractivity contribution in [3.8, 4) is 0 Å². The average Bonchev–Trinajstić information content (AvgIpc) is 2.98. The molecule has 1 aliphatic carbocycles. The van der Waals surface area contributed by atoms with Gasteiger partial charge in [-0.2, -0.15) is 0 Å². The smallest absolute Gasteiger partial charge is 0.221 e. The van der Waals surface area contributed by atoms with Crippen LogP contribution in [-0.4, -0.2) is 36.8 Å². The summed E-state index contributed by atoms with van der Waals surface area (Å²) in [5.41, 5.74) is 0. The molecule has 0 spiro atoms. The second-order valence-corrected chi connectivity index (χ2v) is 4.07. The van der Waals surface area contributed by atoms with Crippen molar-refractivity contribution >= 4 is 5.91 Å². The molecule has 0 aliphatic heterocycles. The maximum absolute atomic E-state index is 11.2. The third kappa shape index (κ3) is 5.19. The average molecular weight is 200 g/mol. The molecular formula is C10H20N2O2. The van der Waals surface area contributed by atoms with Crippen LogP contribution in [0.15, 0.2) is 0 Å². The van der Waals surface area contributed by atoms with E-state index in [4.69, 9.17) is 5.11 Å². The summed E-state index contributed by atoms with van der Waals surface area (Å²) in [6.45, 7) is 3.37. The van der Waals surface area contributed by atoms with Crippen molar-refractivity contribution in [2.75, 3.05) is 19.7 Å². The number of aliphatic hydroxyl groups is 1. The molecule has 1 unspecified atom stereocenters. The van der Waals surface area contributed by atoms with E-state index in [0.717, 1.165) is 6.54 Å². The molecule has 4 nitrogen and oxygen atoms in total. The highest BCUT2D eigenvalue weighted by molar-refractivity contribution is 5.76. The van der Waals surface area contributed by atoms with Gasteiger partial charge in [0.25, 0.3) is 0 Å². The molecule has 1 aliphatic rings. The van der Waals surface area contributed by atoms with Crippen molar-refractivity contribution in [2.24, 2.45) is 5.92 Å². The fourth-order valence-corrected chi connectivity index (χ4v) is 1.12. The van der Waals surface area contributed by atoms with Gasteiger partial charge in [-0.25, -0.2) is 0 Å². The summed E-state index contributed by atoms with van der Waals surface area (Å²) in [6, 6.07) is 0.666. The van der Waals surface area contributed by atoms with Crippen LogP contribution in [0.25, 0.3) is 0 Å². The molecule has 0 bridgehead atoms. The highest BCUT2D eigenvalue weighted by atomic mass is 16.3. The lowest BCUT2D eigenvalue weighted by Crippen LogP contribution is -2.32. The molecule has 1 atom stereocenters. The summed E-state index contributed by atoms with van der Waals surface area (Å²) < 4.78 is 0. The SMILES string of the molecule is CC(CO)CNC(=O)CCNC1CC1. The largest absolute Gasteiger partial charge is 0.396 e. The fourth-order valence-electron chi connectivity index (χ4n) is 1.12. The number of carbonyl (C=O) groups is 1. The predicted octanol–water partition coefficient (Wildman–Crippen LogP) is -0.127. The summed E-state index contributed by atoms with van der Waals surface area (Å²) in [7, 11) is 0. The Morgan fingerprint density at radius 3 is 2.86 bits per heavy atom. The molecule has 14 heavy (non-hydrogen) atoms. The lowest BCUT2D eigenvalue weighted by atomic mass is 10.2. The highest BCUT2D eigenvalue weighted by Crippen LogP contribution is 2.18. The van der Waals surface area contributed by atoms with Gasteiger partial charge in [0.05, 0.1) is 0 Å². The fraction of sp³-hybridized carbons (Fsp3) is 0.900. The van der Waals surface area contributed by atoms with E-state index in [-0.39, 0.29) is 18.4 Å². The zero-order chi connectivity index (χ0) is 10.4. The summed E-state index contributed by atoms with van der Waals surface area (Å²) in [5, 5.41) is 14.8. The van der Waals surface area contributed by atoms with Crippen LogP contribution in [0.2, 0.25) is 0 Å². The van der Waals surface area contributed by atoms with Crippen LogP contribution in [0, 0.1) is 5.92 Å². The zero-order valence-electron chi connectivity index (χ0n) is 8.75. The van der Waals surface area contributed by atoms with Crippen molar-refractivity contribution in [3.63, 3.8) is 0 Å². The molecule has 0 aromatic rings. The van der Waals surface area contributed by atoms with Gasteiger partial charge in [-0.05, 0) is 18.8 Å². The molecule has 82 valence electrons. The van der Waals surface area contributed by atoms with Crippen LogP contribution in [0.3, 0.4) is 0 Å². The summed E-state index contributed by atoms with van der Waals surface area (Å²) >= 11 is 0. The maximum Gasteiger partial charge on any atom is 0.221 e. The monoisotopic (exact) mass is 200 g/mol. The van der Waals surface area contributed by atoms with Gasteiger partial charge >= 0.3 is 0 Å². The van der Waals surface area contributed by atoms with Crippen molar-refractivity contribution in [1.29, 1.82) is 0 Å². The van der Waals surface area contributed by atoms with Gasteiger partial charge < -0.3 is 15.7 Å². The first kappa shape index (κ1) is 11.5. The van der Waals surface area contributed by atoms with E-state index in [1.807, 2.05) is 6.92 Å². The molecule has 0 aromatic carbocycles. The number of amides is 1. The lowest BCUT2D eigenvalue weighted by Gasteiger charge is -2.09. The number of nitrogens with one attached hydrogen (secondary N) is 2. The van der Waals surface area contributed by atoms with Crippen LogP contribution < -0.4 is 10.6 Å². The highest BCUT2D eigenvalue weighted by Gasteiger charge is 2.19. The van der Waals surface area contributed by atoms with Crippen molar-refractivity contribution < 1.29 is 9.90 Å². The van der Waals surface area contributed by atoms with Gasteiger partial charge in [0.15, 0.2) is 0 Å². The topological polar surface area (TPSA) is 61.4 Å². The van der Waals surface area contributed by atoms with E-state index in [1.54, 1.807) is 0 Å². The minimum atomic E-state index is 0.0680. The van der Waals surface area contributed by atoms with Crippen LogP contribution in [0.4, 0.5) is 0 Å². The second kappa shape index (κ2) is 5.98. The number of hydrogen-bond donors (Lipinski definition) is 3. The first-order valence-corrected chi connectivity index (χ1v) is 5.33. The van der Waals surface area contributed by atoms with Crippen LogP contribution in [0.5, 0.6) is 0 Å². The Hall–Kier alpha value is -0.610. The standard InChI is InChI=1S/C10H20N2O2/c1-8(7-13)6-12-10(14)4-5-11-9-2-3-9/h8-9,11,13H,2-7H2,1H3,(H,12,14). The Bertz CT molecular complexity index is 181. The second-order valence-electron chi connectivity index (χ2n) is 4.07. The molecule has 1 saturated carbocycles. The molecule has 1 rings (SSSR count). The predicted molar refractivity (Wildman–Crippen MR) is 54.9 cm³/mol. The number of carbonyl (C=O) groups excluding carboxylic acids is 1. The maximum atomic E-state index is 11.2. The lowest BCUT2D eigenvalue weighted by molar-refractivity contribution is -0.121. The number of hydrogen-bond acceptors (Lipinski definition) is 3. The van der Waals surface area contributed by atoms with E-state index < -0.39 is 0 Å². The third-order valence-electron chi connectivity index (χ3n) is 2.32. The van der Waals surface area contributed by atoms with E-state index in [1.165, 1.54) is 12.8 Å². The molecular weight excluding hydrogens is 180 g/mol. The van der Waals surface area contributed by atoms with Crippen molar-refractivity contribution in [1.82, 2.24) is 10.6 Å². The van der Waals surface area contributed by atoms with Gasteiger partial charge in [0, 0.05) is 32.2 Å². The van der Waals surface area contributed by atoms with Gasteiger partial charge in [0.2, 0.25) is 5.91 Å². The Kier molecular flexibility index (Phi) is 4.90. The number of rotatable bonds is 7. The summed E-state index contributed by atoms with van der Waals surface area (Å²) in [6.07, 6.45) is 3.04. The Labute approximate surface area is 85.1 Å². The first-order chi connectivity index (χ1) is 6.72. The van der Waals surface area contributed by atoms with Gasteiger partial charge in [-0.3, -0.25) is 4.79 Å². The van der Waals surface area contributed by atoms with Gasteiger partial charge in [-0.1, -0.05) is 6.92 Å². The van der Waals surface area contributed by atoms with Crippen LogP contribution in [-0.2, 0) is 4.79 Å². The Morgan fingerprint density at radius 2 is 2.29 bits per heavy atom. The Balaban J connectivity index is 1.92. The molecule has 0 saturated heterocycles. The van der Waals surface area contributed by atoms with E-state index in [9.17, 15) is 4.79 Å². The molecule has 0 radical (unpaired) electrons. The normalized spacial score (nSPS) is 17.9.